The predicted molar refractivity (Wildman–Crippen MR) is 135 cm³/mol. The van der Waals surface area contributed by atoms with Crippen molar-refractivity contribution in [2.24, 2.45) is 0 Å². The van der Waals surface area contributed by atoms with Crippen molar-refractivity contribution >= 4 is 18.1 Å². The second kappa shape index (κ2) is 13.3. The molecule has 0 unspecified atom stereocenters. The van der Waals surface area contributed by atoms with Crippen LogP contribution in [0.2, 0.25) is 0 Å². The molecule has 1 saturated heterocycles. The zero-order valence-electron chi connectivity index (χ0n) is 21.9. The maximum Gasteiger partial charge on any atom is 0.410 e. The Balaban J connectivity index is 0.000000520. The Labute approximate surface area is 200 Å². The van der Waals surface area contributed by atoms with E-state index in [1.807, 2.05) is 60.6 Å². The lowest BCUT2D eigenvalue weighted by Gasteiger charge is -2.43. The molecule has 6 heteroatoms. The highest BCUT2D eigenvalue weighted by molar-refractivity contribution is 5.73. The number of hydrogen-bond donors (Lipinski definition) is 0. The van der Waals surface area contributed by atoms with Gasteiger partial charge in [-0.3, -0.25) is 4.79 Å². The highest BCUT2D eigenvalue weighted by Gasteiger charge is 2.40. The van der Waals surface area contributed by atoms with Gasteiger partial charge in [-0.25, -0.2) is 4.79 Å². The molecule has 1 aromatic carbocycles. The standard InChI is InChI=1S/C20H27NO3.C5H11NO.C2H6/c1-5-15-14-20(23-17-9-7-6-8-16(15)17)10-12-21(13-11-20)18(22)24-19(2,3)4;1-3-6(4-2)5-7;1-2/h6-9,14H,5,10-13H2,1-4H3;5H,3-4H2,1-2H3;1-2H3. The summed E-state index contributed by atoms with van der Waals surface area (Å²) >= 11 is 0. The van der Waals surface area contributed by atoms with Gasteiger partial charge in [0.2, 0.25) is 6.41 Å². The molecular formula is C27H44N2O4. The SMILES string of the molecule is CC.CCC1=CC2(CCN(C(=O)OC(C)(C)C)CC2)Oc2ccccc21.CCN(C=O)CC. The Morgan fingerprint density at radius 2 is 1.70 bits per heavy atom. The fourth-order valence-corrected chi connectivity index (χ4v) is 3.77. The van der Waals surface area contributed by atoms with E-state index < -0.39 is 5.60 Å². The minimum atomic E-state index is -0.457. The van der Waals surface area contributed by atoms with E-state index in [0.717, 1.165) is 44.5 Å². The first-order valence-electron chi connectivity index (χ1n) is 12.3. The number of hydrogen-bond acceptors (Lipinski definition) is 4. The molecule has 0 aliphatic carbocycles. The minimum absolute atomic E-state index is 0.228. The van der Waals surface area contributed by atoms with Gasteiger partial charge in [0.05, 0.1) is 0 Å². The molecule has 0 N–H and O–H groups in total. The van der Waals surface area contributed by atoms with Crippen LogP contribution in [-0.4, -0.2) is 59.7 Å². The maximum atomic E-state index is 12.3. The van der Waals surface area contributed by atoms with Crippen molar-refractivity contribution in [2.45, 2.75) is 85.9 Å². The smallest absolute Gasteiger partial charge is 0.410 e. The lowest BCUT2D eigenvalue weighted by molar-refractivity contribution is -0.117. The first-order valence-corrected chi connectivity index (χ1v) is 12.3. The number of ether oxygens (including phenoxy) is 2. The number of para-hydroxylation sites is 1. The summed E-state index contributed by atoms with van der Waals surface area (Å²) in [5.41, 5.74) is 1.78. The summed E-state index contributed by atoms with van der Waals surface area (Å²) in [5, 5.41) is 0. The first-order chi connectivity index (χ1) is 15.7. The fraction of sp³-hybridized carbons (Fsp3) is 0.630. The van der Waals surface area contributed by atoms with E-state index in [2.05, 4.69) is 25.1 Å². The van der Waals surface area contributed by atoms with Crippen molar-refractivity contribution < 1.29 is 19.1 Å². The van der Waals surface area contributed by atoms with Gasteiger partial charge in [-0.2, -0.15) is 0 Å². The predicted octanol–water partition coefficient (Wildman–Crippen LogP) is 6.15. The number of amides is 2. The number of carbonyl (C=O) groups excluding carboxylic acids is 2. The average molecular weight is 461 g/mol. The van der Waals surface area contributed by atoms with Crippen molar-refractivity contribution in [3.05, 3.63) is 35.9 Å². The third-order valence-corrected chi connectivity index (χ3v) is 5.59. The van der Waals surface area contributed by atoms with Crippen LogP contribution in [0.15, 0.2) is 30.3 Å². The number of fused-ring (bicyclic) bond motifs is 1. The van der Waals surface area contributed by atoms with Crippen LogP contribution in [0.5, 0.6) is 5.75 Å². The van der Waals surface area contributed by atoms with E-state index in [0.29, 0.717) is 13.1 Å². The van der Waals surface area contributed by atoms with Crippen molar-refractivity contribution in [3.8, 4) is 5.75 Å². The third-order valence-electron chi connectivity index (χ3n) is 5.59. The summed E-state index contributed by atoms with van der Waals surface area (Å²) in [7, 11) is 0. The highest BCUT2D eigenvalue weighted by Crippen LogP contribution is 2.41. The number of allylic oxidation sites excluding steroid dienone is 1. The molecule has 1 aromatic rings. The van der Waals surface area contributed by atoms with E-state index in [1.54, 1.807) is 9.80 Å². The molecule has 0 saturated carbocycles. The monoisotopic (exact) mass is 460 g/mol. The van der Waals surface area contributed by atoms with Crippen molar-refractivity contribution in [1.29, 1.82) is 0 Å². The van der Waals surface area contributed by atoms with Gasteiger partial charge >= 0.3 is 6.09 Å². The van der Waals surface area contributed by atoms with Gasteiger partial charge in [0.1, 0.15) is 17.0 Å². The zero-order chi connectivity index (χ0) is 25.1. The van der Waals surface area contributed by atoms with E-state index in [1.165, 1.54) is 11.1 Å². The summed E-state index contributed by atoms with van der Waals surface area (Å²) in [6, 6.07) is 8.23. The van der Waals surface area contributed by atoms with Crippen LogP contribution in [-0.2, 0) is 9.53 Å². The second-order valence-electron chi connectivity index (χ2n) is 8.98. The summed E-state index contributed by atoms with van der Waals surface area (Å²) in [4.78, 5) is 25.6. The van der Waals surface area contributed by atoms with Gasteiger partial charge in [0.25, 0.3) is 0 Å². The number of piperidine rings is 1. The molecule has 186 valence electrons. The Morgan fingerprint density at radius 3 is 2.15 bits per heavy atom. The molecular weight excluding hydrogens is 416 g/mol. The molecule has 2 heterocycles. The van der Waals surface area contributed by atoms with E-state index in [-0.39, 0.29) is 11.7 Å². The Bertz CT molecular complexity index is 771. The molecule has 2 aliphatic rings. The molecule has 2 amide bonds. The number of rotatable bonds is 4. The molecule has 2 aliphatic heterocycles. The number of likely N-dealkylation sites (tertiary alicyclic amines) is 1. The molecule has 0 bridgehead atoms. The Morgan fingerprint density at radius 1 is 1.12 bits per heavy atom. The van der Waals surface area contributed by atoms with Crippen molar-refractivity contribution in [3.63, 3.8) is 0 Å². The summed E-state index contributed by atoms with van der Waals surface area (Å²) in [6.45, 7) is 18.7. The number of nitrogens with zero attached hydrogens (tertiary/aromatic N) is 2. The van der Waals surface area contributed by atoms with Gasteiger partial charge in [0.15, 0.2) is 0 Å². The first kappa shape index (κ1) is 28.5. The van der Waals surface area contributed by atoms with Crippen LogP contribution < -0.4 is 4.74 Å². The van der Waals surface area contributed by atoms with Crippen LogP contribution in [0.3, 0.4) is 0 Å². The molecule has 1 spiro atoms. The molecule has 0 radical (unpaired) electrons. The number of benzene rings is 1. The normalized spacial score (nSPS) is 16.0. The van der Waals surface area contributed by atoms with Gasteiger partial charge in [0, 0.05) is 44.6 Å². The van der Waals surface area contributed by atoms with Gasteiger partial charge in [-0.1, -0.05) is 39.0 Å². The fourth-order valence-electron chi connectivity index (χ4n) is 3.77. The van der Waals surface area contributed by atoms with Crippen LogP contribution in [0.1, 0.15) is 80.2 Å². The summed E-state index contributed by atoms with van der Waals surface area (Å²) < 4.78 is 11.8. The maximum absolute atomic E-state index is 12.3. The van der Waals surface area contributed by atoms with E-state index in [4.69, 9.17) is 9.47 Å². The van der Waals surface area contributed by atoms with Crippen LogP contribution in [0, 0.1) is 0 Å². The van der Waals surface area contributed by atoms with Crippen LogP contribution in [0.4, 0.5) is 4.79 Å². The lowest BCUT2D eigenvalue weighted by Crippen LogP contribution is -2.50. The van der Waals surface area contributed by atoms with Crippen LogP contribution >= 0.6 is 0 Å². The Hall–Kier alpha value is -2.50. The second-order valence-corrected chi connectivity index (χ2v) is 8.98. The molecule has 0 aromatic heterocycles. The molecule has 3 rings (SSSR count). The topological polar surface area (TPSA) is 59.1 Å². The summed E-state index contributed by atoms with van der Waals surface area (Å²) in [6.07, 6.45) is 5.49. The zero-order valence-corrected chi connectivity index (χ0v) is 21.9. The molecule has 6 nitrogen and oxygen atoms in total. The average Bonchev–Trinajstić information content (AvgIpc) is 2.81. The molecule has 33 heavy (non-hydrogen) atoms. The minimum Gasteiger partial charge on any atom is -0.482 e. The Kier molecular flexibility index (Phi) is 11.5. The van der Waals surface area contributed by atoms with E-state index in [9.17, 15) is 9.59 Å². The number of carbonyl (C=O) groups is 2. The molecule has 1 fully saturated rings. The lowest BCUT2D eigenvalue weighted by atomic mass is 9.84. The van der Waals surface area contributed by atoms with E-state index >= 15 is 0 Å². The van der Waals surface area contributed by atoms with Gasteiger partial charge < -0.3 is 19.3 Å². The van der Waals surface area contributed by atoms with Gasteiger partial charge in [-0.15, -0.1) is 0 Å². The largest absolute Gasteiger partial charge is 0.482 e. The van der Waals surface area contributed by atoms with Crippen molar-refractivity contribution in [1.82, 2.24) is 9.80 Å². The van der Waals surface area contributed by atoms with Gasteiger partial charge in [-0.05, 0) is 58.8 Å². The van der Waals surface area contributed by atoms with Crippen molar-refractivity contribution in [2.75, 3.05) is 26.2 Å². The molecule has 0 atom stereocenters. The summed E-state index contributed by atoms with van der Waals surface area (Å²) in [5.74, 6) is 0.961. The third kappa shape index (κ3) is 8.41. The highest BCUT2D eigenvalue weighted by atomic mass is 16.6. The van der Waals surface area contributed by atoms with Crippen LogP contribution in [0.25, 0.3) is 5.57 Å². The quantitative estimate of drug-likeness (QED) is 0.506.